The highest BCUT2D eigenvalue weighted by Gasteiger charge is 2.36. The molecule has 51 heavy (non-hydrogen) atoms. The first-order valence-corrected chi connectivity index (χ1v) is 17.1. The molecule has 240 valence electrons. The van der Waals surface area contributed by atoms with Crippen molar-refractivity contribution in [3.8, 4) is 40.1 Å². The van der Waals surface area contributed by atoms with Crippen LogP contribution >= 0.6 is 0 Å². The fourth-order valence-electron chi connectivity index (χ4n) is 8.06. The number of fused-ring (bicyclic) bond motifs is 5. The molecule has 0 aliphatic carbocycles. The van der Waals surface area contributed by atoms with E-state index in [-0.39, 0.29) is 5.41 Å². The molecule has 7 aromatic carbocycles. The molecule has 0 unspecified atom stereocenters. The molecule has 0 amide bonds. The zero-order chi connectivity index (χ0) is 34.7. The van der Waals surface area contributed by atoms with Crippen molar-refractivity contribution >= 4 is 38.9 Å². The monoisotopic (exact) mass is 652 g/mol. The summed E-state index contributed by atoms with van der Waals surface area (Å²) < 4.78 is 2.36. The Morgan fingerprint density at radius 1 is 0.490 bits per heavy atom. The van der Waals surface area contributed by atoms with Gasteiger partial charge >= 0.3 is 0 Å². The molecule has 1 aromatic heterocycles. The van der Waals surface area contributed by atoms with Crippen LogP contribution in [0.4, 0.5) is 17.1 Å². The minimum Gasteiger partial charge on any atom is -0.310 e. The van der Waals surface area contributed by atoms with Crippen molar-refractivity contribution in [1.82, 2.24) is 4.57 Å². The molecule has 4 heteroatoms. The number of nitriles is 2. The third kappa shape index (κ3) is 4.66. The van der Waals surface area contributed by atoms with Crippen molar-refractivity contribution in [2.75, 3.05) is 4.90 Å². The number of nitrogens with zero attached hydrogens (tertiary/aromatic N) is 4. The summed E-state index contributed by atoms with van der Waals surface area (Å²) in [5, 5.41) is 22.4. The van der Waals surface area contributed by atoms with E-state index in [1.807, 2.05) is 24.3 Å². The number of hydrogen-bond donors (Lipinski definition) is 0. The second-order valence-electron chi connectivity index (χ2n) is 13.6. The molecule has 0 spiro atoms. The Kier molecular flexibility index (Phi) is 6.88. The summed E-state index contributed by atoms with van der Waals surface area (Å²) in [5.41, 5.74) is 13.6. The number of rotatable bonds is 4. The zero-order valence-corrected chi connectivity index (χ0v) is 28.3. The van der Waals surface area contributed by atoms with Crippen LogP contribution in [-0.2, 0) is 5.41 Å². The van der Waals surface area contributed by atoms with Crippen molar-refractivity contribution in [1.29, 1.82) is 10.5 Å². The van der Waals surface area contributed by atoms with Crippen LogP contribution in [0.25, 0.3) is 49.7 Å². The number of aromatic nitrogens is 1. The van der Waals surface area contributed by atoms with E-state index in [2.05, 4.69) is 157 Å². The normalized spacial score (nSPS) is 13.0. The molecule has 0 saturated heterocycles. The predicted octanol–water partition coefficient (Wildman–Crippen LogP) is 12.0. The second-order valence-corrected chi connectivity index (χ2v) is 13.6. The third-order valence-electron chi connectivity index (χ3n) is 10.4. The van der Waals surface area contributed by atoms with Crippen LogP contribution in [-0.4, -0.2) is 4.57 Å². The largest absolute Gasteiger partial charge is 0.310 e. The van der Waals surface area contributed by atoms with Crippen molar-refractivity contribution < 1.29 is 0 Å². The van der Waals surface area contributed by atoms with Gasteiger partial charge in [0.15, 0.2) is 0 Å². The lowest BCUT2D eigenvalue weighted by molar-refractivity contribution is 0.632. The van der Waals surface area contributed by atoms with Crippen LogP contribution in [0.5, 0.6) is 0 Å². The van der Waals surface area contributed by atoms with Crippen molar-refractivity contribution in [3.63, 3.8) is 0 Å². The Bertz CT molecular complexity index is 2670. The standard InChI is InChI=1S/C47H32N4/c1-47(2)41-17-7-11-21-45(41)51(46-22-12-8-18-42(46)47)35-27-33(36-13-3-4-14-37(36)40-25-31(29-48)23-24-32(40)30-49)26-34(28-35)50-43-19-9-5-15-38(43)39-16-6-10-20-44(39)50/h3-28H,1-2H3. The van der Waals surface area contributed by atoms with Crippen LogP contribution in [0.2, 0.25) is 0 Å². The number of hydrogen-bond acceptors (Lipinski definition) is 3. The van der Waals surface area contributed by atoms with E-state index in [9.17, 15) is 10.5 Å². The van der Waals surface area contributed by atoms with Gasteiger partial charge in [-0.15, -0.1) is 0 Å². The molecule has 4 nitrogen and oxygen atoms in total. The Balaban J connectivity index is 1.38. The van der Waals surface area contributed by atoms with Gasteiger partial charge < -0.3 is 9.47 Å². The molecule has 0 bridgehead atoms. The Morgan fingerprint density at radius 3 is 1.67 bits per heavy atom. The predicted molar refractivity (Wildman–Crippen MR) is 208 cm³/mol. The van der Waals surface area contributed by atoms with E-state index in [1.54, 1.807) is 12.1 Å². The molecule has 0 saturated carbocycles. The maximum absolute atomic E-state index is 10.2. The van der Waals surface area contributed by atoms with Crippen LogP contribution in [0, 0.1) is 22.7 Å². The average molecular weight is 653 g/mol. The summed E-state index contributed by atoms with van der Waals surface area (Å²) >= 11 is 0. The van der Waals surface area contributed by atoms with Gasteiger partial charge in [-0.1, -0.05) is 111 Å². The summed E-state index contributed by atoms with van der Waals surface area (Å²) in [6.45, 7) is 4.61. The van der Waals surface area contributed by atoms with Crippen molar-refractivity contribution in [3.05, 3.63) is 180 Å². The molecule has 8 aromatic rings. The number of para-hydroxylation sites is 4. The first-order chi connectivity index (χ1) is 25.0. The van der Waals surface area contributed by atoms with Gasteiger partial charge in [-0.2, -0.15) is 10.5 Å². The first-order valence-electron chi connectivity index (χ1n) is 17.1. The summed E-state index contributed by atoms with van der Waals surface area (Å²) in [5.74, 6) is 0. The van der Waals surface area contributed by atoms with E-state index >= 15 is 0 Å². The smallest absolute Gasteiger partial charge is 0.0998 e. The van der Waals surface area contributed by atoms with E-state index in [0.717, 1.165) is 56.0 Å². The minimum absolute atomic E-state index is 0.191. The van der Waals surface area contributed by atoms with E-state index in [4.69, 9.17) is 0 Å². The van der Waals surface area contributed by atoms with Gasteiger partial charge in [-0.3, -0.25) is 0 Å². The van der Waals surface area contributed by atoms with Crippen molar-refractivity contribution in [2.24, 2.45) is 0 Å². The highest BCUT2D eigenvalue weighted by molar-refractivity contribution is 6.09. The summed E-state index contributed by atoms with van der Waals surface area (Å²) in [6, 6.07) is 59.5. The first kappa shape index (κ1) is 30.2. The quantitative estimate of drug-likeness (QED) is 0.190. The third-order valence-corrected chi connectivity index (χ3v) is 10.4. The molecule has 0 radical (unpaired) electrons. The van der Waals surface area contributed by atoms with Gasteiger partial charge in [0, 0.05) is 33.1 Å². The molecule has 1 aliphatic heterocycles. The van der Waals surface area contributed by atoms with Gasteiger partial charge in [0.05, 0.1) is 45.7 Å². The molecule has 9 rings (SSSR count). The van der Waals surface area contributed by atoms with Gasteiger partial charge in [-0.05, 0) is 88.5 Å². The molecule has 1 aliphatic rings. The van der Waals surface area contributed by atoms with E-state index < -0.39 is 0 Å². The lowest BCUT2D eigenvalue weighted by Crippen LogP contribution is -2.30. The molecular weight excluding hydrogens is 621 g/mol. The Morgan fingerprint density at radius 2 is 1.04 bits per heavy atom. The molecule has 0 atom stereocenters. The van der Waals surface area contributed by atoms with Gasteiger partial charge in [0.2, 0.25) is 0 Å². The molecule has 0 N–H and O–H groups in total. The van der Waals surface area contributed by atoms with E-state index in [0.29, 0.717) is 11.1 Å². The summed E-state index contributed by atoms with van der Waals surface area (Å²) in [6.07, 6.45) is 0. The van der Waals surface area contributed by atoms with Gasteiger partial charge in [-0.25, -0.2) is 0 Å². The average Bonchev–Trinajstić information content (AvgIpc) is 3.52. The van der Waals surface area contributed by atoms with Crippen molar-refractivity contribution in [2.45, 2.75) is 19.3 Å². The number of benzene rings is 7. The van der Waals surface area contributed by atoms with Crippen LogP contribution in [0.3, 0.4) is 0 Å². The molecule has 0 fully saturated rings. The Labute approximate surface area is 297 Å². The van der Waals surface area contributed by atoms with Crippen LogP contribution in [0.1, 0.15) is 36.1 Å². The maximum atomic E-state index is 10.2. The fourth-order valence-corrected chi connectivity index (χ4v) is 8.06. The summed E-state index contributed by atoms with van der Waals surface area (Å²) in [4.78, 5) is 2.40. The Hall–Kier alpha value is -6.88. The lowest BCUT2D eigenvalue weighted by Gasteiger charge is -2.42. The highest BCUT2D eigenvalue weighted by Crippen LogP contribution is 2.52. The van der Waals surface area contributed by atoms with Crippen LogP contribution in [0.15, 0.2) is 158 Å². The minimum atomic E-state index is -0.191. The van der Waals surface area contributed by atoms with Gasteiger partial charge in [0.25, 0.3) is 0 Å². The highest BCUT2D eigenvalue weighted by atomic mass is 15.2. The SMILES string of the molecule is CC1(C)c2ccccc2N(c2cc(-c3ccccc3-c3cc(C#N)ccc3C#N)cc(-n3c4ccccc4c4ccccc43)c2)c2ccccc21. The topological polar surface area (TPSA) is 55.8 Å². The van der Waals surface area contributed by atoms with Gasteiger partial charge in [0.1, 0.15) is 0 Å². The molecule has 2 heterocycles. The zero-order valence-electron chi connectivity index (χ0n) is 28.3. The fraction of sp³-hybridized carbons (Fsp3) is 0.0638. The maximum Gasteiger partial charge on any atom is 0.0998 e. The lowest BCUT2D eigenvalue weighted by atomic mass is 9.73. The van der Waals surface area contributed by atoms with Crippen LogP contribution < -0.4 is 4.90 Å². The van der Waals surface area contributed by atoms with E-state index in [1.165, 1.54) is 21.9 Å². The molecular formula is C47H32N4. The second kappa shape index (κ2) is 11.6. The number of anilines is 3. The summed E-state index contributed by atoms with van der Waals surface area (Å²) in [7, 11) is 0.